The van der Waals surface area contributed by atoms with Gasteiger partial charge in [0, 0.05) is 24.2 Å². The minimum absolute atomic E-state index is 0.000806. The number of benzene rings is 1. The quantitative estimate of drug-likeness (QED) is 0.738. The number of urea groups is 1. The summed E-state index contributed by atoms with van der Waals surface area (Å²) in [6.07, 6.45) is 0.475. The van der Waals surface area contributed by atoms with E-state index in [-0.39, 0.29) is 17.9 Å². The van der Waals surface area contributed by atoms with E-state index in [1.54, 1.807) is 12.1 Å². The number of nitrogens with zero attached hydrogens (tertiary/aromatic N) is 1. The molecule has 0 atom stereocenters. The first-order chi connectivity index (χ1) is 9.51. The van der Waals surface area contributed by atoms with Crippen molar-refractivity contribution in [3.63, 3.8) is 0 Å². The van der Waals surface area contributed by atoms with E-state index < -0.39 is 12.0 Å². The van der Waals surface area contributed by atoms with E-state index in [2.05, 4.69) is 21.2 Å². The van der Waals surface area contributed by atoms with Gasteiger partial charge in [-0.25, -0.2) is 9.59 Å². The highest BCUT2D eigenvalue weighted by Gasteiger charge is 2.18. The van der Waals surface area contributed by atoms with Crippen molar-refractivity contribution in [1.29, 1.82) is 0 Å². The van der Waals surface area contributed by atoms with Gasteiger partial charge in [0.05, 0.1) is 11.3 Å². The molecule has 20 heavy (non-hydrogen) atoms. The lowest BCUT2D eigenvalue weighted by molar-refractivity contribution is 0.0698. The Morgan fingerprint density at radius 1 is 1.40 bits per heavy atom. The van der Waals surface area contributed by atoms with E-state index in [1.165, 1.54) is 11.0 Å². The Morgan fingerprint density at radius 3 is 2.65 bits per heavy atom. The third-order valence-corrected chi connectivity index (χ3v) is 3.39. The van der Waals surface area contributed by atoms with Crippen LogP contribution < -0.4 is 5.32 Å². The Bertz CT molecular complexity index is 493. The molecule has 3 N–H and O–H groups in total. The number of aliphatic hydroxyl groups excluding tert-OH is 1. The van der Waals surface area contributed by atoms with Crippen LogP contribution in [-0.4, -0.2) is 46.8 Å². The average molecular weight is 345 g/mol. The minimum atomic E-state index is -1.11. The molecule has 0 fully saturated rings. The molecule has 0 aliphatic rings. The molecule has 0 saturated carbocycles. The second-order valence-electron chi connectivity index (χ2n) is 4.05. The number of nitrogens with one attached hydrogen (secondary N) is 1. The zero-order valence-corrected chi connectivity index (χ0v) is 12.7. The van der Waals surface area contributed by atoms with Crippen molar-refractivity contribution in [3.05, 3.63) is 28.2 Å². The maximum Gasteiger partial charge on any atom is 0.337 e. The zero-order chi connectivity index (χ0) is 15.1. The van der Waals surface area contributed by atoms with Crippen molar-refractivity contribution in [3.8, 4) is 0 Å². The molecule has 7 heteroatoms. The van der Waals surface area contributed by atoms with E-state index in [9.17, 15) is 9.59 Å². The molecule has 6 nitrogen and oxygen atoms in total. The van der Waals surface area contributed by atoms with Crippen molar-refractivity contribution in [2.75, 3.05) is 25.0 Å². The van der Waals surface area contributed by atoms with E-state index in [4.69, 9.17) is 10.2 Å². The topological polar surface area (TPSA) is 89.9 Å². The molecular weight excluding hydrogens is 328 g/mol. The Morgan fingerprint density at radius 2 is 2.10 bits per heavy atom. The number of halogens is 1. The maximum atomic E-state index is 12.1. The van der Waals surface area contributed by atoms with Gasteiger partial charge in [-0.15, -0.1) is 0 Å². The number of hydrogen-bond acceptors (Lipinski definition) is 3. The predicted octanol–water partition coefficient (Wildman–Crippen LogP) is 2.38. The van der Waals surface area contributed by atoms with Gasteiger partial charge >= 0.3 is 12.0 Å². The lowest BCUT2D eigenvalue weighted by atomic mass is 10.2. The fourth-order valence-corrected chi connectivity index (χ4v) is 2.15. The summed E-state index contributed by atoms with van der Waals surface area (Å²) in [6.45, 7) is 2.69. The summed E-state index contributed by atoms with van der Waals surface area (Å²) in [7, 11) is 0. The standard InChI is InChI=1S/C13H17BrN2O4/c1-2-16(7-4-8-17)13(20)15-11-9(12(18)19)5-3-6-10(11)14/h3,5-6,17H,2,4,7-8H2,1H3,(H,15,20)(H,18,19). The molecule has 0 heterocycles. The third-order valence-electron chi connectivity index (χ3n) is 2.73. The number of aromatic carboxylic acids is 1. The Kier molecular flexibility index (Phi) is 6.47. The van der Waals surface area contributed by atoms with E-state index in [0.717, 1.165) is 0 Å². The van der Waals surface area contributed by atoms with Crippen molar-refractivity contribution in [1.82, 2.24) is 4.90 Å². The fraction of sp³-hybridized carbons (Fsp3) is 0.385. The zero-order valence-electron chi connectivity index (χ0n) is 11.1. The molecule has 1 aromatic carbocycles. The van der Waals surface area contributed by atoms with Crippen LogP contribution in [-0.2, 0) is 0 Å². The highest BCUT2D eigenvalue weighted by atomic mass is 79.9. The Balaban J connectivity index is 2.92. The van der Waals surface area contributed by atoms with Crippen LogP contribution in [0.1, 0.15) is 23.7 Å². The summed E-state index contributed by atoms with van der Waals surface area (Å²) in [5, 5.41) is 20.5. The normalized spacial score (nSPS) is 10.2. The number of carboxylic acid groups (broad SMARTS) is 1. The van der Waals surface area contributed by atoms with Crippen LogP contribution >= 0.6 is 15.9 Å². The first-order valence-corrected chi connectivity index (χ1v) is 6.99. The number of aliphatic hydroxyl groups is 1. The van der Waals surface area contributed by atoms with Crippen molar-refractivity contribution < 1.29 is 19.8 Å². The number of hydrogen-bond donors (Lipinski definition) is 3. The molecule has 1 rings (SSSR count). The summed E-state index contributed by atoms with van der Waals surface area (Å²) in [5.41, 5.74) is 0.249. The summed E-state index contributed by atoms with van der Waals surface area (Å²) in [6, 6.07) is 4.28. The highest BCUT2D eigenvalue weighted by molar-refractivity contribution is 9.10. The molecule has 0 unspecified atom stereocenters. The van der Waals surface area contributed by atoms with Gasteiger partial charge in [0.2, 0.25) is 0 Å². The number of para-hydroxylation sites is 1. The van der Waals surface area contributed by atoms with Gasteiger partial charge in [-0.1, -0.05) is 6.07 Å². The molecule has 0 aliphatic heterocycles. The molecule has 110 valence electrons. The second-order valence-corrected chi connectivity index (χ2v) is 4.91. The summed E-state index contributed by atoms with van der Waals surface area (Å²) < 4.78 is 0.504. The van der Waals surface area contributed by atoms with E-state index in [0.29, 0.717) is 24.0 Å². The number of rotatable bonds is 6. The molecule has 0 aromatic heterocycles. The van der Waals surface area contributed by atoms with Gasteiger partial charge in [0.25, 0.3) is 0 Å². The largest absolute Gasteiger partial charge is 0.478 e. The molecule has 2 amide bonds. The van der Waals surface area contributed by atoms with Gasteiger partial charge in [-0.2, -0.15) is 0 Å². The molecule has 0 saturated heterocycles. The van der Waals surface area contributed by atoms with Crippen LogP contribution in [0.4, 0.5) is 10.5 Å². The number of carboxylic acids is 1. The van der Waals surface area contributed by atoms with Crippen LogP contribution in [0.2, 0.25) is 0 Å². The highest BCUT2D eigenvalue weighted by Crippen LogP contribution is 2.26. The van der Waals surface area contributed by atoms with E-state index >= 15 is 0 Å². The predicted molar refractivity (Wildman–Crippen MR) is 79.1 cm³/mol. The van der Waals surface area contributed by atoms with Crippen molar-refractivity contribution >= 4 is 33.6 Å². The van der Waals surface area contributed by atoms with Crippen LogP contribution in [0.3, 0.4) is 0 Å². The number of amides is 2. The van der Waals surface area contributed by atoms with Crippen molar-refractivity contribution in [2.24, 2.45) is 0 Å². The first kappa shape index (κ1) is 16.5. The monoisotopic (exact) mass is 344 g/mol. The van der Waals surface area contributed by atoms with Crippen LogP contribution in [0.5, 0.6) is 0 Å². The molecule has 0 radical (unpaired) electrons. The number of anilines is 1. The first-order valence-electron chi connectivity index (χ1n) is 6.19. The number of carbonyl (C=O) groups is 2. The van der Waals surface area contributed by atoms with Gasteiger partial charge in [-0.3, -0.25) is 0 Å². The smallest absolute Gasteiger partial charge is 0.337 e. The summed E-state index contributed by atoms with van der Waals surface area (Å²) in [5.74, 6) is -1.11. The molecule has 0 aliphatic carbocycles. The maximum absolute atomic E-state index is 12.1. The minimum Gasteiger partial charge on any atom is -0.478 e. The van der Waals surface area contributed by atoms with Crippen LogP contribution in [0.25, 0.3) is 0 Å². The molecule has 1 aromatic rings. The second kappa shape index (κ2) is 7.86. The van der Waals surface area contributed by atoms with E-state index in [1.807, 2.05) is 6.92 Å². The van der Waals surface area contributed by atoms with Gasteiger partial charge in [-0.05, 0) is 41.4 Å². The van der Waals surface area contributed by atoms with Crippen LogP contribution in [0.15, 0.2) is 22.7 Å². The Hall–Kier alpha value is -1.60. The lowest BCUT2D eigenvalue weighted by Crippen LogP contribution is -2.36. The molecule has 0 bridgehead atoms. The Labute approximate surface area is 125 Å². The fourth-order valence-electron chi connectivity index (χ4n) is 1.68. The van der Waals surface area contributed by atoms with Gasteiger partial charge in [0.15, 0.2) is 0 Å². The van der Waals surface area contributed by atoms with Crippen LogP contribution in [0, 0.1) is 0 Å². The summed E-state index contributed by atoms with van der Waals surface area (Å²) in [4.78, 5) is 24.7. The summed E-state index contributed by atoms with van der Waals surface area (Å²) >= 11 is 3.23. The molecular formula is C13H17BrN2O4. The SMILES string of the molecule is CCN(CCCO)C(=O)Nc1c(Br)cccc1C(=O)O. The third kappa shape index (κ3) is 4.21. The average Bonchev–Trinajstić information content (AvgIpc) is 2.41. The van der Waals surface area contributed by atoms with Gasteiger partial charge in [0.1, 0.15) is 0 Å². The number of carbonyl (C=O) groups excluding carboxylic acids is 1. The lowest BCUT2D eigenvalue weighted by Gasteiger charge is -2.22. The molecule has 0 spiro atoms. The van der Waals surface area contributed by atoms with Crippen molar-refractivity contribution in [2.45, 2.75) is 13.3 Å². The van der Waals surface area contributed by atoms with Gasteiger partial charge < -0.3 is 20.4 Å².